The third-order valence-corrected chi connectivity index (χ3v) is 1.92. The predicted molar refractivity (Wildman–Crippen MR) is 49.8 cm³/mol. The molecule has 0 unspecified atom stereocenters. The number of aromatic nitrogens is 1. The highest BCUT2D eigenvalue weighted by Crippen LogP contribution is 2.28. The van der Waals surface area contributed by atoms with Gasteiger partial charge in [0.2, 0.25) is 5.88 Å². The number of ether oxygens (including phenoxy) is 1. The number of hydrogen-bond acceptors (Lipinski definition) is 4. The Labute approximate surface area is 90.7 Å². The van der Waals surface area contributed by atoms with Crippen LogP contribution in [0.4, 0.5) is 8.78 Å². The van der Waals surface area contributed by atoms with Gasteiger partial charge in [0.25, 0.3) is 6.43 Å². The van der Waals surface area contributed by atoms with Gasteiger partial charge in [0.05, 0.1) is 25.2 Å². The maximum atomic E-state index is 12.7. The standard InChI is InChI=1S/C10H7F2N3O/c1-16-8-4-6(2-3-13)9(10(11)12)7(5-14)15-8/h4,10H,2H2,1H3. The lowest BCUT2D eigenvalue weighted by Gasteiger charge is -2.09. The summed E-state index contributed by atoms with van der Waals surface area (Å²) in [6.07, 6.45) is -3.05. The summed E-state index contributed by atoms with van der Waals surface area (Å²) in [5.74, 6) is 0.0474. The summed E-state index contributed by atoms with van der Waals surface area (Å²) in [6.45, 7) is 0. The fourth-order valence-electron chi connectivity index (χ4n) is 1.25. The van der Waals surface area contributed by atoms with Crippen LogP contribution in [0, 0.1) is 22.7 Å². The SMILES string of the molecule is COc1cc(CC#N)c(C(F)F)c(C#N)n1. The fraction of sp³-hybridized carbons (Fsp3) is 0.300. The number of hydrogen-bond donors (Lipinski definition) is 0. The van der Waals surface area contributed by atoms with Crippen LogP contribution in [0.25, 0.3) is 0 Å². The Morgan fingerprint density at radius 1 is 1.50 bits per heavy atom. The lowest BCUT2D eigenvalue weighted by atomic mass is 10.0. The average molecular weight is 223 g/mol. The fourth-order valence-corrected chi connectivity index (χ4v) is 1.25. The van der Waals surface area contributed by atoms with Gasteiger partial charge >= 0.3 is 0 Å². The lowest BCUT2D eigenvalue weighted by Crippen LogP contribution is -2.03. The zero-order chi connectivity index (χ0) is 12.1. The van der Waals surface area contributed by atoms with Gasteiger partial charge in [0, 0.05) is 6.07 Å². The molecular weight excluding hydrogens is 216 g/mol. The molecule has 0 aliphatic rings. The summed E-state index contributed by atoms with van der Waals surface area (Å²) in [5.41, 5.74) is -0.828. The van der Waals surface area contributed by atoms with Gasteiger partial charge < -0.3 is 4.74 Å². The smallest absolute Gasteiger partial charge is 0.266 e. The topological polar surface area (TPSA) is 69.7 Å². The summed E-state index contributed by atoms with van der Waals surface area (Å²) in [5, 5.41) is 17.2. The van der Waals surface area contributed by atoms with E-state index >= 15 is 0 Å². The van der Waals surface area contributed by atoms with E-state index in [1.54, 1.807) is 12.1 Å². The normalized spacial score (nSPS) is 9.62. The highest BCUT2D eigenvalue weighted by atomic mass is 19.3. The third-order valence-electron chi connectivity index (χ3n) is 1.92. The molecule has 1 rings (SSSR count). The Kier molecular flexibility index (Phi) is 3.73. The molecule has 0 saturated heterocycles. The van der Waals surface area contributed by atoms with Crippen molar-refractivity contribution in [2.45, 2.75) is 12.8 Å². The molecule has 0 bridgehead atoms. The Morgan fingerprint density at radius 2 is 2.19 bits per heavy atom. The first-order valence-electron chi connectivity index (χ1n) is 4.27. The van der Waals surface area contributed by atoms with Crippen LogP contribution >= 0.6 is 0 Å². The monoisotopic (exact) mass is 223 g/mol. The van der Waals surface area contributed by atoms with Crippen molar-refractivity contribution in [2.75, 3.05) is 7.11 Å². The number of pyridine rings is 1. The van der Waals surface area contributed by atoms with E-state index in [1.807, 2.05) is 0 Å². The Bertz CT molecular complexity index is 474. The molecular formula is C10H7F2N3O. The molecule has 0 radical (unpaired) electrons. The van der Waals surface area contributed by atoms with Gasteiger partial charge in [-0.1, -0.05) is 0 Å². The number of nitriles is 2. The number of rotatable bonds is 3. The Hall–Kier alpha value is -2.21. The molecule has 0 aliphatic heterocycles. The van der Waals surface area contributed by atoms with Crippen molar-refractivity contribution >= 4 is 0 Å². The number of nitrogens with zero attached hydrogens (tertiary/aromatic N) is 3. The molecule has 82 valence electrons. The summed E-state index contributed by atoms with van der Waals surface area (Å²) in [7, 11) is 1.31. The van der Waals surface area contributed by atoms with E-state index in [2.05, 4.69) is 4.98 Å². The van der Waals surface area contributed by atoms with Crippen LogP contribution in [0.3, 0.4) is 0 Å². The first kappa shape index (κ1) is 11.9. The van der Waals surface area contributed by atoms with Gasteiger partial charge in [-0.3, -0.25) is 0 Å². The van der Waals surface area contributed by atoms with Gasteiger partial charge in [-0.05, 0) is 5.56 Å². The summed E-state index contributed by atoms with van der Waals surface area (Å²) < 4.78 is 30.1. The molecule has 0 spiro atoms. The number of halogens is 2. The van der Waals surface area contributed by atoms with Gasteiger partial charge in [-0.25, -0.2) is 13.8 Å². The lowest BCUT2D eigenvalue weighted by molar-refractivity contribution is 0.149. The minimum absolute atomic E-state index is 0.0474. The van der Waals surface area contributed by atoms with E-state index in [0.717, 1.165) is 0 Å². The number of methoxy groups -OCH3 is 1. The second-order valence-corrected chi connectivity index (χ2v) is 2.83. The molecule has 6 heteroatoms. The molecule has 16 heavy (non-hydrogen) atoms. The molecule has 4 nitrogen and oxygen atoms in total. The molecule has 0 fully saturated rings. The predicted octanol–water partition coefficient (Wildman–Crippen LogP) is 1.97. The second-order valence-electron chi connectivity index (χ2n) is 2.83. The highest BCUT2D eigenvalue weighted by molar-refractivity contribution is 5.43. The van der Waals surface area contributed by atoms with Gasteiger partial charge in [-0.15, -0.1) is 0 Å². The van der Waals surface area contributed by atoms with E-state index in [1.165, 1.54) is 13.2 Å². The van der Waals surface area contributed by atoms with Gasteiger partial charge in [-0.2, -0.15) is 10.5 Å². The minimum atomic E-state index is -2.84. The van der Waals surface area contributed by atoms with E-state index in [-0.39, 0.29) is 17.9 Å². The van der Waals surface area contributed by atoms with Crippen LogP contribution in [0.5, 0.6) is 5.88 Å². The first-order valence-corrected chi connectivity index (χ1v) is 4.27. The molecule has 1 aromatic rings. The van der Waals surface area contributed by atoms with Crippen LogP contribution in [0.2, 0.25) is 0 Å². The quantitative estimate of drug-likeness (QED) is 0.785. The Morgan fingerprint density at radius 3 is 2.62 bits per heavy atom. The highest BCUT2D eigenvalue weighted by Gasteiger charge is 2.20. The summed E-state index contributed by atoms with van der Waals surface area (Å²) in [6, 6.07) is 4.57. The summed E-state index contributed by atoms with van der Waals surface area (Å²) in [4.78, 5) is 3.60. The minimum Gasteiger partial charge on any atom is -0.481 e. The zero-order valence-corrected chi connectivity index (χ0v) is 8.37. The molecule has 0 atom stereocenters. The van der Waals surface area contributed by atoms with Crippen molar-refractivity contribution in [1.29, 1.82) is 10.5 Å². The van der Waals surface area contributed by atoms with Gasteiger partial charge in [0.15, 0.2) is 5.69 Å². The van der Waals surface area contributed by atoms with Crippen molar-refractivity contribution in [3.63, 3.8) is 0 Å². The first-order chi connectivity index (χ1) is 7.63. The molecule has 0 N–H and O–H groups in total. The molecule has 1 aromatic heterocycles. The van der Waals surface area contributed by atoms with E-state index < -0.39 is 17.7 Å². The molecule has 0 amide bonds. The maximum Gasteiger partial charge on any atom is 0.266 e. The molecule has 0 aliphatic carbocycles. The molecule has 0 saturated carbocycles. The van der Waals surface area contributed by atoms with Crippen molar-refractivity contribution in [2.24, 2.45) is 0 Å². The van der Waals surface area contributed by atoms with Crippen molar-refractivity contribution in [3.8, 4) is 18.0 Å². The van der Waals surface area contributed by atoms with Crippen LogP contribution in [-0.2, 0) is 6.42 Å². The zero-order valence-electron chi connectivity index (χ0n) is 8.37. The van der Waals surface area contributed by atoms with Crippen molar-refractivity contribution in [3.05, 3.63) is 22.9 Å². The number of alkyl halides is 2. The second kappa shape index (κ2) is 5.04. The van der Waals surface area contributed by atoms with E-state index in [0.29, 0.717) is 0 Å². The third kappa shape index (κ3) is 2.23. The average Bonchev–Trinajstić information content (AvgIpc) is 2.27. The van der Waals surface area contributed by atoms with Crippen LogP contribution in [0.1, 0.15) is 23.2 Å². The largest absolute Gasteiger partial charge is 0.481 e. The molecule has 0 aromatic carbocycles. The van der Waals surface area contributed by atoms with E-state index in [4.69, 9.17) is 15.3 Å². The van der Waals surface area contributed by atoms with Gasteiger partial charge in [0.1, 0.15) is 6.07 Å². The van der Waals surface area contributed by atoms with Crippen LogP contribution < -0.4 is 4.74 Å². The van der Waals surface area contributed by atoms with E-state index in [9.17, 15) is 8.78 Å². The Balaban J connectivity index is 3.43. The van der Waals surface area contributed by atoms with Crippen molar-refractivity contribution < 1.29 is 13.5 Å². The van der Waals surface area contributed by atoms with Crippen molar-refractivity contribution in [1.82, 2.24) is 4.98 Å². The maximum absolute atomic E-state index is 12.7. The summed E-state index contributed by atoms with van der Waals surface area (Å²) >= 11 is 0. The molecule has 1 heterocycles. The van der Waals surface area contributed by atoms with Crippen LogP contribution in [0.15, 0.2) is 6.07 Å². The van der Waals surface area contributed by atoms with Crippen LogP contribution in [-0.4, -0.2) is 12.1 Å².